The Kier molecular flexibility index (Phi) is 3.41. The lowest BCUT2D eigenvalue weighted by atomic mass is 10.5. The van der Waals surface area contributed by atoms with Crippen molar-refractivity contribution in [1.82, 2.24) is 0 Å². The van der Waals surface area contributed by atoms with Gasteiger partial charge in [0, 0.05) is 6.54 Å². The summed E-state index contributed by atoms with van der Waals surface area (Å²) < 4.78 is 28.2. The van der Waals surface area contributed by atoms with E-state index < -0.39 is 10.1 Å². The topological polar surface area (TPSA) is 66.7 Å². The third kappa shape index (κ3) is 7.58. The molecule has 0 aliphatic rings. The van der Waals surface area contributed by atoms with Crippen molar-refractivity contribution in [2.24, 2.45) is 4.99 Å². The highest BCUT2D eigenvalue weighted by Crippen LogP contribution is 1.87. The molecule has 0 radical (unpaired) electrons. The van der Waals surface area contributed by atoms with E-state index in [-0.39, 0.29) is 5.75 Å². The second-order valence-corrected chi connectivity index (χ2v) is 3.16. The molecule has 0 heterocycles. The van der Waals surface area contributed by atoms with Gasteiger partial charge >= 0.3 is 0 Å². The summed E-state index contributed by atoms with van der Waals surface area (Å²) >= 11 is 0. The van der Waals surface area contributed by atoms with E-state index in [0.29, 0.717) is 13.0 Å². The summed E-state index contributed by atoms with van der Waals surface area (Å²) in [5, 5.41) is 0. The van der Waals surface area contributed by atoms with Gasteiger partial charge < -0.3 is 4.99 Å². The molecule has 5 heteroatoms. The van der Waals surface area contributed by atoms with Crippen LogP contribution in [0.5, 0.6) is 0 Å². The number of rotatable bonds is 4. The van der Waals surface area contributed by atoms with Gasteiger partial charge in [-0.05, 0) is 13.1 Å². The minimum absolute atomic E-state index is 0.230. The SMILES string of the molecule is C=NCCCS(=O)(=O)O. The Labute approximate surface area is 54.4 Å². The first-order valence-corrected chi connectivity index (χ1v) is 4.05. The molecule has 0 unspecified atom stereocenters. The van der Waals surface area contributed by atoms with E-state index in [4.69, 9.17) is 4.55 Å². The molecule has 0 aliphatic heterocycles. The average Bonchev–Trinajstić information content (AvgIpc) is 1.63. The molecule has 0 aromatic heterocycles. The third-order valence-electron chi connectivity index (χ3n) is 0.719. The maximum atomic E-state index is 10.00. The van der Waals surface area contributed by atoms with Gasteiger partial charge in [-0.25, -0.2) is 0 Å². The third-order valence-corrected chi connectivity index (χ3v) is 1.52. The molecule has 0 aromatic carbocycles. The summed E-state index contributed by atoms with van der Waals surface area (Å²) in [5.41, 5.74) is 0. The van der Waals surface area contributed by atoms with Crippen LogP contribution >= 0.6 is 0 Å². The molecular formula is C4H9NO3S. The van der Waals surface area contributed by atoms with Crippen molar-refractivity contribution < 1.29 is 13.0 Å². The highest BCUT2D eigenvalue weighted by Gasteiger charge is 2.01. The lowest BCUT2D eigenvalue weighted by Gasteiger charge is -1.90. The highest BCUT2D eigenvalue weighted by atomic mass is 32.2. The molecule has 0 rings (SSSR count). The quantitative estimate of drug-likeness (QED) is 0.348. The van der Waals surface area contributed by atoms with Gasteiger partial charge in [-0.1, -0.05) is 0 Å². The zero-order valence-electron chi connectivity index (χ0n) is 4.95. The Balaban J connectivity index is 3.40. The van der Waals surface area contributed by atoms with E-state index >= 15 is 0 Å². The molecule has 54 valence electrons. The second kappa shape index (κ2) is 3.58. The zero-order valence-corrected chi connectivity index (χ0v) is 5.76. The van der Waals surface area contributed by atoms with Crippen LogP contribution < -0.4 is 0 Å². The number of nitrogens with zero attached hydrogens (tertiary/aromatic N) is 1. The Morgan fingerprint density at radius 3 is 2.44 bits per heavy atom. The fourth-order valence-corrected chi connectivity index (χ4v) is 0.853. The van der Waals surface area contributed by atoms with Gasteiger partial charge in [-0.15, -0.1) is 0 Å². The van der Waals surface area contributed by atoms with Gasteiger partial charge in [0.2, 0.25) is 0 Å². The van der Waals surface area contributed by atoms with Crippen molar-refractivity contribution in [1.29, 1.82) is 0 Å². The predicted molar refractivity (Wildman–Crippen MR) is 35.4 cm³/mol. The average molecular weight is 151 g/mol. The van der Waals surface area contributed by atoms with Crippen molar-refractivity contribution in [2.75, 3.05) is 12.3 Å². The number of hydrogen-bond donors (Lipinski definition) is 1. The Bertz CT molecular complexity index is 172. The van der Waals surface area contributed by atoms with Gasteiger partial charge in [0.05, 0.1) is 5.75 Å². The molecule has 0 spiro atoms. The fourth-order valence-electron chi connectivity index (χ4n) is 0.359. The van der Waals surface area contributed by atoms with Crippen LogP contribution in [0, 0.1) is 0 Å². The predicted octanol–water partition coefficient (Wildman–Crippen LogP) is -0.0351. The first-order valence-electron chi connectivity index (χ1n) is 2.44. The molecule has 9 heavy (non-hydrogen) atoms. The van der Waals surface area contributed by atoms with E-state index in [1.165, 1.54) is 0 Å². The monoisotopic (exact) mass is 151 g/mol. The zero-order chi connectivity index (χ0) is 7.33. The van der Waals surface area contributed by atoms with Crippen LogP contribution in [0.25, 0.3) is 0 Å². The standard InChI is InChI=1S/C4H9NO3S/c1-5-3-2-4-9(6,7)8/h1-4H2,(H,6,7,8). The van der Waals surface area contributed by atoms with E-state index in [0.717, 1.165) is 0 Å². The second-order valence-electron chi connectivity index (χ2n) is 1.59. The summed E-state index contributed by atoms with van der Waals surface area (Å²) in [6.07, 6.45) is 0.336. The van der Waals surface area contributed by atoms with E-state index in [1.807, 2.05) is 0 Å². The van der Waals surface area contributed by atoms with Crippen molar-refractivity contribution in [3.63, 3.8) is 0 Å². The molecule has 0 saturated carbocycles. The van der Waals surface area contributed by atoms with Crippen molar-refractivity contribution >= 4 is 16.8 Å². The van der Waals surface area contributed by atoms with E-state index in [2.05, 4.69) is 11.7 Å². The smallest absolute Gasteiger partial charge is 0.264 e. The molecule has 0 bridgehead atoms. The summed E-state index contributed by atoms with van der Waals surface area (Å²) in [6, 6.07) is 0. The Morgan fingerprint density at radius 2 is 2.11 bits per heavy atom. The molecule has 0 amide bonds. The molecule has 0 atom stereocenters. The minimum Gasteiger partial charge on any atom is -0.301 e. The molecular weight excluding hydrogens is 142 g/mol. The largest absolute Gasteiger partial charge is 0.301 e. The van der Waals surface area contributed by atoms with Crippen LogP contribution in [0.2, 0.25) is 0 Å². The van der Waals surface area contributed by atoms with Gasteiger partial charge in [-0.2, -0.15) is 8.42 Å². The fraction of sp³-hybridized carbons (Fsp3) is 0.750. The van der Waals surface area contributed by atoms with Crippen molar-refractivity contribution in [2.45, 2.75) is 6.42 Å². The van der Waals surface area contributed by atoms with Gasteiger partial charge in [0.1, 0.15) is 0 Å². The normalized spacial score (nSPS) is 11.2. The number of hydrogen-bond acceptors (Lipinski definition) is 3. The molecule has 0 saturated heterocycles. The first-order chi connectivity index (χ1) is 4.06. The van der Waals surface area contributed by atoms with Crippen LogP contribution in [-0.2, 0) is 10.1 Å². The highest BCUT2D eigenvalue weighted by molar-refractivity contribution is 7.85. The molecule has 1 N–H and O–H groups in total. The maximum absolute atomic E-state index is 10.00. The van der Waals surface area contributed by atoms with Crippen molar-refractivity contribution in [3.05, 3.63) is 0 Å². The van der Waals surface area contributed by atoms with Crippen LogP contribution in [0.15, 0.2) is 4.99 Å². The molecule has 0 aliphatic carbocycles. The summed E-state index contributed by atoms with van der Waals surface area (Å²) in [6.45, 7) is 3.53. The molecule has 0 aromatic rings. The molecule has 0 fully saturated rings. The van der Waals surface area contributed by atoms with Gasteiger partial charge in [-0.3, -0.25) is 4.55 Å². The summed E-state index contributed by atoms with van der Waals surface area (Å²) in [7, 11) is -3.78. The summed E-state index contributed by atoms with van der Waals surface area (Å²) in [5.74, 6) is -0.230. The lowest BCUT2D eigenvalue weighted by molar-refractivity contribution is 0.481. The minimum atomic E-state index is -3.78. The van der Waals surface area contributed by atoms with Crippen LogP contribution in [0.3, 0.4) is 0 Å². The Hall–Kier alpha value is -0.420. The Morgan fingerprint density at radius 1 is 1.56 bits per heavy atom. The lowest BCUT2D eigenvalue weighted by Crippen LogP contribution is -2.04. The maximum Gasteiger partial charge on any atom is 0.264 e. The number of aliphatic imine (C=N–C) groups is 1. The van der Waals surface area contributed by atoms with Crippen molar-refractivity contribution in [3.8, 4) is 0 Å². The van der Waals surface area contributed by atoms with Crippen LogP contribution in [0.4, 0.5) is 0 Å². The van der Waals surface area contributed by atoms with Gasteiger partial charge in [0.15, 0.2) is 0 Å². The van der Waals surface area contributed by atoms with E-state index in [1.54, 1.807) is 0 Å². The van der Waals surface area contributed by atoms with Crippen LogP contribution in [-0.4, -0.2) is 32.0 Å². The van der Waals surface area contributed by atoms with Gasteiger partial charge in [0.25, 0.3) is 10.1 Å². The van der Waals surface area contributed by atoms with Crippen LogP contribution in [0.1, 0.15) is 6.42 Å². The first kappa shape index (κ1) is 8.58. The van der Waals surface area contributed by atoms with E-state index in [9.17, 15) is 8.42 Å². The molecule has 4 nitrogen and oxygen atoms in total. The summed E-state index contributed by atoms with van der Waals surface area (Å²) in [4.78, 5) is 3.41.